The minimum absolute atomic E-state index is 0.658. The van der Waals surface area contributed by atoms with Crippen LogP contribution in [-0.2, 0) is 37.1 Å². The van der Waals surface area contributed by atoms with E-state index in [0.29, 0.717) is 5.54 Å². The summed E-state index contributed by atoms with van der Waals surface area (Å²) in [5, 5.41) is 8.92. The molecule has 0 aliphatic heterocycles. The summed E-state index contributed by atoms with van der Waals surface area (Å²) in [6, 6.07) is 37.1. The van der Waals surface area contributed by atoms with Gasteiger partial charge in [0.1, 0.15) is 0 Å². The number of fused-ring (bicyclic) bond motifs is 3. The van der Waals surface area contributed by atoms with E-state index in [2.05, 4.69) is 188 Å². The Kier molecular flexibility index (Phi) is 12.9. The summed E-state index contributed by atoms with van der Waals surface area (Å²) >= 11 is 1.46. The van der Waals surface area contributed by atoms with Crippen molar-refractivity contribution in [3.8, 4) is 0 Å². The number of benzene rings is 4. The molecular weight excluding hydrogens is 704 g/mol. The molecule has 0 aromatic heterocycles. The average molecular weight is 760 g/mol. The fourth-order valence-corrected chi connectivity index (χ4v) is 13.8. The molecule has 0 spiro atoms. The van der Waals surface area contributed by atoms with Crippen LogP contribution in [0.1, 0.15) is 36.1 Å². The predicted octanol–water partition coefficient (Wildman–Crippen LogP) is 12.8. The van der Waals surface area contributed by atoms with Crippen LogP contribution in [0.2, 0.25) is 64.5 Å². The van der Waals surface area contributed by atoms with Gasteiger partial charge in [-0.15, -0.1) is 45.3 Å². The maximum absolute atomic E-state index is 3.91. The molecule has 0 fully saturated rings. The van der Waals surface area contributed by atoms with E-state index in [1.807, 2.05) is 0 Å². The van der Waals surface area contributed by atoms with Crippen molar-refractivity contribution in [2.45, 2.75) is 91.2 Å². The Balaban J connectivity index is 0.000000163. The predicted molar refractivity (Wildman–Crippen MR) is 221 cm³/mol. The molecule has 248 valence electrons. The Labute approximate surface area is 310 Å². The van der Waals surface area contributed by atoms with Crippen LogP contribution < -0.4 is 0 Å². The van der Waals surface area contributed by atoms with Gasteiger partial charge in [0.2, 0.25) is 0 Å². The van der Waals surface area contributed by atoms with Crippen LogP contribution in [0.15, 0.2) is 120 Å². The summed E-state index contributed by atoms with van der Waals surface area (Å²) in [7, 11) is -3.55. The number of hydrogen-bond donors (Lipinski definition) is 0. The molecule has 0 radical (unpaired) electrons. The van der Waals surface area contributed by atoms with E-state index in [4.69, 9.17) is 0 Å². The third-order valence-electron chi connectivity index (χ3n) is 9.17. The minimum atomic E-state index is -1.22. The zero-order chi connectivity index (χ0) is 35.3. The molecule has 5 aromatic carbocycles. The van der Waals surface area contributed by atoms with E-state index in [1.165, 1.54) is 71.2 Å². The second kappa shape index (κ2) is 16.1. The first-order valence-electron chi connectivity index (χ1n) is 17.7. The molecule has 0 N–H and O–H groups in total. The summed E-state index contributed by atoms with van der Waals surface area (Å²) in [6.45, 7) is 26.7. The van der Waals surface area contributed by atoms with Gasteiger partial charge in [-0.1, -0.05) is 108 Å². The molecule has 4 heteroatoms. The molecule has 0 saturated heterocycles. The van der Waals surface area contributed by atoms with Crippen LogP contribution in [0.25, 0.3) is 21.5 Å². The SMILES string of the molecule is CCc1ccc2c(c1)[cH-]c1cc(CC)ccc12.C[Si](C)(C)C1=[C-]C([Si](C)(C)C)C=C1[Si](C)(C)C.[Zr+2]=[C](c1ccccc1)c1ccccc1. The first-order chi connectivity index (χ1) is 22.5. The van der Waals surface area contributed by atoms with Gasteiger partial charge >= 0.3 is 99.2 Å². The van der Waals surface area contributed by atoms with Crippen molar-refractivity contribution >= 4 is 49.0 Å². The number of aryl methyl sites for hydroxylation is 2. The average Bonchev–Trinajstić information content (AvgIpc) is 3.69. The van der Waals surface area contributed by atoms with Crippen molar-refractivity contribution in [3.05, 3.63) is 148 Å². The molecule has 1 atom stereocenters. The van der Waals surface area contributed by atoms with Gasteiger partial charge in [-0.05, 0) is 20.9 Å². The molecule has 1 aliphatic carbocycles. The fraction of sp³-hybridized carbons (Fsp3) is 0.318. The summed E-state index contributed by atoms with van der Waals surface area (Å²) in [6.07, 6.45) is 8.73. The Morgan fingerprint density at radius 3 is 1.40 bits per heavy atom. The molecule has 0 bridgehead atoms. The quantitative estimate of drug-likeness (QED) is 0.114. The Bertz CT molecular complexity index is 1760. The van der Waals surface area contributed by atoms with Gasteiger partial charge in [-0.25, -0.2) is 10.4 Å². The first-order valence-corrected chi connectivity index (χ1v) is 29.5. The second-order valence-electron chi connectivity index (χ2n) is 16.2. The van der Waals surface area contributed by atoms with Crippen molar-refractivity contribution in [1.29, 1.82) is 0 Å². The summed E-state index contributed by atoms with van der Waals surface area (Å²) in [5.41, 5.74) is 6.16. The zero-order valence-corrected chi connectivity index (χ0v) is 36.8. The molecule has 0 heterocycles. The van der Waals surface area contributed by atoms with Crippen LogP contribution in [-0.4, -0.2) is 27.4 Å². The standard InChI is InChI=1S/C17H17.C14H29Si3.C13H10.Zr/c1-3-12-5-7-16-14(9-12)11-15-10-13(4-2)6-8-17(15)16;1-15(2,3)12-10-13(16(4,5)6)14(11-12)17(7,8)9;1-3-7-12(8-4-1)11-13-9-5-2-6-10-13;/h5-11H,3-4H2,1-2H3;10,12H,1-9H3;1-10H;/q2*-1;;+2. The molecular formula is C44H56Si3Zr. The van der Waals surface area contributed by atoms with Gasteiger partial charge in [0.05, 0.1) is 0 Å². The van der Waals surface area contributed by atoms with Gasteiger partial charge in [0.25, 0.3) is 0 Å². The van der Waals surface area contributed by atoms with Crippen molar-refractivity contribution in [1.82, 2.24) is 0 Å². The molecule has 1 unspecified atom stereocenters. The van der Waals surface area contributed by atoms with Crippen LogP contribution >= 0.6 is 0 Å². The van der Waals surface area contributed by atoms with E-state index in [1.54, 1.807) is 10.4 Å². The summed E-state index contributed by atoms with van der Waals surface area (Å²) in [5.74, 6) is 0. The van der Waals surface area contributed by atoms with Crippen LogP contribution in [0.5, 0.6) is 0 Å². The Hall–Kier alpha value is -2.37. The molecule has 1 aliphatic rings. The van der Waals surface area contributed by atoms with Gasteiger partial charge in [0, 0.05) is 16.1 Å². The molecule has 48 heavy (non-hydrogen) atoms. The van der Waals surface area contributed by atoms with Crippen molar-refractivity contribution < 1.29 is 24.2 Å². The van der Waals surface area contributed by atoms with Gasteiger partial charge in [-0.2, -0.15) is 6.08 Å². The van der Waals surface area contributed by atoms with E-state index in [-0.39, 0.29) is 0 Å². The second-order valence-corrected chi connectivity index (χ2v) is 32.9. The maximum atomic E-state index is 3.91. The Morgan fingerprint density at radius 1 is 0.625 bits per heavy atom. The summed E-state index contributed by atoms with van der Waals surface area (Å²) < 4.78 is 1.42. The number of allylic oxidation sites excluding steroid dienone is 4. The van der Waals surface area contributed by atoms with E-state index in [0.717, 1.165) is 12.8 Å². The van der Waals surface area contributed by atoms with E-state index < -0.39 is 24.2 Å². The van der Waals surface area contributed by atoms with Crippen LogP contribution in [0, 0.1) is 6.08 Å². The molecule has 6 rings (SSSR count). The molecule has 5 aromatic rings. The third-order valence-corrected chi connectivity index (χ3v) is 17.0. The summed E-state index contributed by atoms with van der Waals surface area (Å²) in [4.78, 5) is 0. The number of rotatable bonds is 7. The van der Waals surface area contributed by atoms with Crippen LogP contribution in [0.4, 0.5) is 0 Å². The normalized spacial score (nSPS) is 14.9. The van der Waals surface area contributed by atoms with Crippen molar-refractivity contribution in [2.75, 3.05) is 0 Å². The van der Waals surface area contributed by atoms with Gasteiger partial charge in [-0.3, -0.25) is 6.08 Å². The topological polar surface area (TPSA) is 0 Å². The Morgan fingerprint density at radius 2 is 1.06 bits per heavy atom. The molecule has 0 amide bonds. The van der Waals surface area contributed by atoms with Crippen LogP contribution in [0.3, 0.4) is 0 Å². The van der Waals surface area contributed by atoms with E-state index >= 15 is 0 Å². The van der Waals surface area contributed by atoms with Crippen molar-refractivity contribution in [2.24, 2.45) is 0 Å². The zero-order valence-electron chi connectivity index (χ0n) is 31.4. The monoisotopic (exact) mass is 758 g/mol. The van der Waals surface area contributed by atoms with Gasteiger partial charge < -0.3 is 0 Å². The fourth-order valence-electron chi connectivity index (χ4n) is 6.17. The third kappa shape index (κ3) is 9.87. The first kappa shape index (κ1) is 38.4. The van der Waals surface area contributed by atoms with Crippen molar-refractivity contribution in [3.63, 3.8) is 0 Å². The van der Waals surface area contributed by atoms with E-state index in [9.17, 15) is 0 Å². The van der Waals surface area contributed by atoms with Gasteiger partial charge in [0.15, 0.2) is 0 Å². The number of hydrogen-bond acceptors (Lipinski definition) is 0. The molecule has 0 nitrogen and oxygen atoms in total. The molecule has 0 saturated carbocycles.